The summed E-state index contributed by atoms with van der Waals surface area (Å²) in [6, 6.07) is 0.796. The van der Waals surface area contributed by atoms with Crippen molar-refractivity contribution in [3.63, 3.8) is 0 Å². The van der Waals surface area contributed by atoms with Crippen molar-refractivity contribution in [3.8, 4) is 0 Å². The monoisotopic (exact) mass is 635 g/mol. The SMILES string of the molecule is CC(N)CSCC(C)C(=O)CC[C@@H](C)C1CCC2C3C(O)C[C@H]4C[C@@H](NCCCNCCCCN)CC[C@]4(C)C3CC[C@@]21C. The Morgan fingerprint density at radius 2 is 1.66 bits per heavy atom. The summed E-state index contributed by atoms with van der Waals surface area (Å²) in [6.45, 7) is 15.8. The zero-order valence-corrected chi connectivity index (χ0v) is 29.9. The average Bonchev–Trinajstić information content (AvgIpc) is 3.34. The van der Waals surface area contributed by atoms with Gasteiger partial charge in [-0.1, -0.05) is 27.7 Å². The molecule has 7 heteroatoms. The first-order valence-corrected chi connectivity index (χ1v) is 19.8. The number of hydrogen-bond donors (Lipinski definition) is 5. The molecule has 4 aliphatic rings. The number of fused-ring (bicyclic) bond motifs is 5. The maximum absolute atomic E-state index is 13.0. The molecule has 4 rings (SSSR count). The van der Waals surface area contributed by atoms with Crippen LogP contribution in [-0.4, -0.2) is 66.8 Å². The van der Waals surface area contributed by atoms with Crippen LogP contribution in [0.25, 0.3) is 0 Å². The van der Waals surface area contributed by atoms with Gasteiger partial charge in [0.25, 0.3) is 0 Å². The van der Waals surface area contributed by atoms with Gasteiger partial charge in [-0.25, -0.2) is 0 Å². The van der Waals surface area contributed by atoms with Crippen LogP contribution in [0.5, 0.6) is 0 Å². The number of thioether (sulfide) groups is 1. The zero-order valence-electron chi connectivity index (χ0n) is 29.1. The first-order valence-electron chi connectivity index (χ1n) is 18.7. The summed E-state index contributed by atoms with van der Waals surface area (Å²) in [5.41, 5.74) is 12.2. The fourth-order valence-electron chi connectivity index (χ4n) is 10.8. The summed E-state index contributed by atoms with van der Waals surface area (Å²) < 4.78 is 0. The maximum Gasteiger partial charge on any atom is 0.136 e. The highest BCUT2D eigenvalue weighted by Crippen LogP contribution is 2.68. The summed E-state index contributed by atoms with van der Waals surface area (Å²) in [6.07, 6.45) is 15.0. The van der Waals surface area contributed by atoms with E-state index in [-0.39, 0.29) is 18.1 Å². The number of carbonyl (C=O) groups is 1. The Kier molecular flexibility index (Phi) is 14.0. The van der Waals surface area contributed by atoms with E-state index in [0.29, 0.717) is 64.6 Å². The third kappa shape index (κ3) is 8.64. The van der Waals surface area contributed by atoms with Crippen molar-refractivity contribution in [1.82, 2.24) is 10.6 Å². The summed E-state index contributed by atoms with van der Waals surface area (Å²) in [5.74, 6) is 6.02. The van der Waals surface area contributed by atoms with Crippen LogP contribution in [0.1, 0.15) is 118 Å². The van der Waals surface area contributed by atoms with E-state index in [1.807, 2.05) is 18.7 Å². The standard InChI is InChI=1S/C37H70N4O2S/c1-25(9-12-33(42)26(2)23-44-24-27(3)39)30-10-11-31-35-32(14-16-37(30,31)5)36(4)15-13-29(21-28(36)22-34(35)43)41-20-8-19-40-18-7-6-17-38/h25-32,34-35,40-41,43H,6-24,38-39H2,1-5H3/t25-,26?,27?,28-,29+,30?,31?,32?,34?,35?,36+,37-/m1/s1. The van der Waals surface area contributed by atoms with Gasteiger partial charge in [-0.3, -0.25) is 4.79 Å². The number of nitrogens with two attached hydrogens (primary N) is 2. The predicted molar refractivity (Wildman–Crippen MR) is 188 cm³/mol. The minimum atomic E-state index is -0.149. The summed E-state index contributed by atoms with van der Waals surface area (Å²) in [5, 5.41) is 19.3. The number of carbonyl (C=O) groups excluding carboxylic acids is 1. The zero-order chi connectivity index (χ0) is 31.9. The van der Waals surface area contributed by atoms with Crippen LogP contribution in [0.4, 0.5) is 0 Å². The Labute approximate surface area is 275 Å². The molecular weight excluding hydrogens is 565 g/mol. The van der Waals surface area contributed by atoms with E-state index < -0.39 is 0 Å². The van der Waals surface area contributed by atoms with Crippen molar-refractivity contribution >= 4 is 17.5 Å². The number of aliphatic hydroxyl groups is 1. The first-order chi connectivity index (χ1) is 21.0. The average molecular weight is 635 g/mol. The highest BCUT2D eigenvalue weighted by Gasteiger charge is 2.62. The molecule has 0 aliphatic heterocycles. The molecular formula is C37H70N4O2S. The number of Topliss-reactive ketones (excluding diaryl/α,β-unsaturated/α-hetero) is 1. The van der Waals surface area contributed by atoms with Gasteiger partial charge in [0.05, 0.1) is 6.10 Å². The van der Waals surface area contributed by atoms with Gasteiger partial charge in [-0.05, 0) is 156 Å². The summed E-state index contributed by atoms with van der Waals surface area (Å²) >= 11 is 1.82. The largest absolute Gasteiger partial charge is 0.393 e. The van der Waals surface area contributed by atoms with E-state index in [1.54, 1.807) is 0 Å². The normalized spacial score (nSPS) is 38.8. The van der Waals surface area contributed by atoms with Crippen LogP contribution >= 0.6 is 11.8 Å². The molecule has 6 nitrogen and oxygen atoms in total. The number of unbranched alkanes of at least 4 members (excludes halogenated alkanes) is 1. The smallest absolute Gasteiger partial charge is 0.136 e. The molecule has 0 bridgehead atoms. The number of aliphatic hydroxyl groups excluding tert-OH is 1. The highest BCUT2D eigenvalue weighted by molar-refractivity contribution is 7.99. The molecule has 4 saturated carbocycles. The van der Waals surface area contributed by atoms with E-state index in [9.17, 15) is 9.90 Å². The summed E-state index contributed by atoms with van der Waals surface area (Å²) in [4.78, 5) is 13.0. The molecule has 256 valence electrons. The Morgan fingerprint density at radius 1 is 0.932 bits per heavy atom. The molecule has 12 atom stereocenters. The lowest BCUT2D eigenvalue weighted by molar-refractivity contribution is -0.167. The van der Waals surface area contributed by atoms with Crippen LogP contribution < -0.4 is 22.1 Å². The van der Waals surface area contributed by atoms with E-state index in [4.69, 9.17) is 11.5 Å². The molecule has 0 radical (unpaired) electrons. The van der Waals surface area contributed by atoms with Gasteiger partial charge >= 0.3 is 0 Å². The Balaban J connectivity index is 1.27. The number of ketones is 1. The molecule has 7 N–H and O–H groups in total. The predicted octanol–water partition coefficient (Wildman–Crippen LogP) is 5.99. The first kappa shape index (κ1) is 36.7. The second-order valence-corrected chi connectivity index (χ2v) is 17.5. The van der Waals surface area contributed by atoms with Crippen molar-refractivity contribution < 1.29 is 9.90 Å². The van der Waals surface area contributed by atoms with Gasteiger partial charge < -0.3 is 27.2 Å². The molecule has 4 fully saturated rings. The lowest BCUT2D eigenvalue weighted by Crippen LogP contribution is -2.59. The van der Waals surface area contributed by atoms with Crippen molar-refractivity contribution in [1.29, 1.82) is 0 Å². The molecule has 0 aromatic rings. The molecule has 0 spiro atoms. The van der Waals surface area contributed by atoms with Crippen molar-refractivity contribution in [2.45, 2.75) is 136 Å². The molecule has 7 unspecified atom stereocenters. The lowest BCUT2D eigenvalue weighted by atomic mass is 9.43. The Hall–Kier alpha value is -0.180. The lowest BCUT2D eigenvalue weighted by Gasteiger charge is -2.62. The number of nitrogens with one attached hydrogen (secondary N) is 2. The second-order valence-electron chi connectivity index (χ2n) is 16.4. The van der Waals surface area contributed by atoms with Gasteiger partial charge in [0, 0.05) is 35.9 Å². The van der Waals surface area contributed by atoms with E-state index in [2.05, 4.69) is 38.3 Å². The van der Waals surface area contributed by atoms with Gasteiger partial charge in [0.2, 0.25) is 0 Å². The topological polar surface area (TPSA) is 113 Å². The molecule has 4 aliphatic carbocycles. The van der Waals surface area contributed by atoms with Gasteiger partial charge in [0.15, 0.2) is 0 Å². The van der Waals surface area contributed by atoms with Crippen molar-refractivity contribution in [3.05, 3.63) is 0 Å². The molecule has 0 heterocycles. The van der Waals surface area contributed by atoms with Gasteiger partial charge in [-0.15, -0.1) is 0 Å². The third-order valence-electron chi connectivity index (χ3n) is 13.4. The molecule has 0 amide bonds. The second kappa shape index (κ2) is 16.8. The van der Waals surface area contributed by atoms with Crippen LogP contribution in [-0.2, 0) is 4.79 Å². The molecule has 44 heavy (non-hydrogen) atoms. The van der Waals surface area contributed by atoms with Crippen molar-refractivity contribution in [2.75, 3.05) is 37.7 Å². The number of hydrogen-bond acceptors (Lipinski definition) is 7. The minimum Gasteiger partial charge on any atom is -0.393 e. The van der Waals surface area contributed by atoms with E-state index in [1.165, 1.54) is 57.8 Å². The molecule has 0 aromatic heterocycles. The van der Waals surface area contributed by atoms with Crippen LogP contribution in [0.15, 0.2) is 0 Å². The summed E-state index contributed by atoms with van der Waals surface area (Å²) in [7, 11) is 0. The van der Waals surface area contributed by atoms with Crippen LogP contribution in [0.2, 0.25) is 0 Å². The maximum atomic E-state index is 13.0. The van der Waals surface area contributed by atoms with Crippen LogP contribution in [0, 0.1) is 52.3 Å². The fourth-order valence-corrected chi connectivity index (χ4v) is 11.8. The third-order valence-corrected chi connectivity index (χ3v) is 14.9. The quantitative estimate of drug-likeness (QED) is 0.118. The minimum absolute atomic E-state index is 0.123. The fraction of sp³-hybridized carbons (Fsp3) is 0.973. The Morgan fingerprint density at radius 3 is 2.41 bits per heavy atom. The van der Waals surface area contributed by atoms with E-state index >= 15 is 0 Å². The number of rotatable bonds is 18. The Bertz CT molecular complexity index is 890. The molecule has 0 aromatic carbocycles. The van der Waals surface area contributed by atoms with Crippen LogP contribution in [0.3, 0.4) is 0 Å². The van der Waals surface area contributed by atoms with Gasteiger partial charge in [-0.2, -0.15) is 11.8 Å². The van der Waals surface area contributed by atoms with Gasteiger partial charge in [0.1, 0.15) is 5.78 Å². The molecule has 0 saturated heterocycles. The van der Waals surface area contributed by atoms with Crippen molar-refractivity contribution in [2.24, 2.45) is 63.7 Å². The van der Waals surface area contributed by atoms with E-state index in [0.717, 1.165) is 56.9 Å². The highest BCUT2D eigenvalue weighted by atomic mass is 32.2.